The van der Waals surface area contributed by atoms with Crippen molar-refractivity contribution < 1.29 is 29.0 Å². The van der Waals surface area contributed by atoms with Gasteiger partial charge in [-0.15, -0.1) is 0 Å². The van der Waals surface area contributed by atoms with Crippen molar-refractivity contribution in [2.45, 2.75) is 18.4 Å². The van der Waals surface area contributed by atoms with E-state index < -0.39 is 30.4 Å². The van der Waals surface area contributed by atoms with Gasteiger partial charge in [0.1, 0.15) is 12.6 Å². The first-order chi connectivity index (χ1) is 14.5. The summed E-state index contributed by atoms with van der Waals surface area (Å²) in [4.78, 5) is 35.6. The number of hydrogen-bond acceptors (Lipinski definition) is 5. The number of amides is 2. The van der Waals surface area contributed by atoms with Gasteiger partial charge in [0.15, 0.2) is 0 Å². The molecule has 0 saturated heterocycles. The van der Waals surface area contributed by atoms with Crippen LogP contribution in [0.15, 0.2) is 48.5 Å². The van der Waals surface area contributed by atoms with E-state index in [4.69, 9.17) is 14.6 Å². The van der Waals surface area contributed by atoms with E-state index in [0.717, 1.165) is 22.3 Å². The molecule has 0 aromatic heterocycles. The van der Waals surface area contributed by atoms with Crippen molar-refractivity contribution in [1.82, 2.24) is 10.6 Å². The van der Waals surface area contributed by atoms with Crippen molar-refractivity contribution in [3.05, 3.63) is 59.7 Å². The molecule has 0 fully saturated rings. The number of alkyl carbamates (subject to hydrolysis) is 1. The largest absolute Gasteiger partial charge is 0.481 e. The summed E-state index contributed by atoms with van der Waals surface area (Å²) in [5, 5.41) is 13.9. The Morgan fingerprint density at radius 3 is 2.20 bits per heavy atom. The van der Waals surface area contributed by atoms with Crippen LogP contribution < -0.4 is 10.6 Å². The van der Waals surface area contributed by atoms with Crippen LogP contribution in [-0.2, 0) is 19.1 Å². The standard InChI is InChI=1S/C22H24N2O6/c1-29-11-10-23-21(27)19(12-20(25)26)24-22(28)30-13-18-16-8-4-2-6-14(16)15-7-3-5-9-17(15)18/h2-9,18-19H,10-13H2,1H3,(H,23,27)(H,24,28)(H,25,26). The van der Waals surface area contributed by atoms with E-state index >= 15 is 0 Å². The zero-order chi connectivity index (χ0) is 21.5. The minimum atomic E-state index is -1.24. The SMILES string of the molecule is COCCNC(=O)C(CC(=O)O)NC(=O)OCC1c2ccccc2-c2ccccc21. The van der Waals surface area contributed by atoms with Crippen molar-refractivity contribution in [2.24, 2.45) is 0 Å². The van der Waals surface area contributed by atoms with E-state index in [0.29, 0.717) is 0 Å². The van der Waals surface area contributed by atoms with Gasteiger partial charge < -0.3 is 25.2 Å². The maximum absolute atomic E-state index is 12.3. The molecular weight excluding hydrogens is 388 g/mol. The van der Waals surface area contributed by atoms with Crippen LogP contribution in [0, 0.1) is 0 Å². The number of carbonyl (C=O) groups is 3. The molecule has 1 aliphatic rings. The molecule has 2 aromatic carbocycles. The number of carboxylic acid groups (broad SMARTS) is 1. The summed E-state index contributed by atoms with van der Waals surface area (Å²) < 4.78 is 10.2. The second-order valence-electron chi connectivity index (χ2n) is 6.90. The van der Waals surface area contributed by atoms with Crippen LogP contribution in [0.5, 0.6) is 0 Å². The maximum atomic E-state index is 12.3. The normalized spacial score (nSPS) is 13.1. The molecule has 0 saturated carbocycles. The molecule has 0 radical (unpaired) electrons. The van der Waals surface area contributed by atoms with Gasteiger partial charge in [0.2, 0.25) is 5.91 Å². The molecule has 2 amide bonds. The molecule has 8 nitrogen and oxygen atoms in total. The van der Waals surface area contributed by atoms with Crippen LogP contribution in [0.4, 0.5) is 4.79 Å². The number of benzene rings is 2. The van der Waals surface area contributed by atoms with Crippen molar-refractivity contribution in [1.29, 1.82) is 0 Å². The summed E-state index contributed by atoms with van der Waals surface area (Å²) in [6.45, 7) is 0.555. The van der Waals surface area contributed by atoms with Gasteiger partial charge in [-0.1, -0.05) is 48.5 Å². The molecule has 158 valence electrons. The third-order valence-corrected chi connectivity index (χ3v) is 4.94. The second kappa shape index (κ2) is 9.89. The minimum Gasteiger partial charge on any atom is -0.481 e. The molecule has 0 spiro atoms. The van der Waals surface area contributed by atoms with Gasteiger partial charge >= 0.3 is 12.1 Å². The fourth-order valence-corrected chi connectivity index (χ4v) is 3.57. The summed E-state index contributed by atoms with van der Waals surface area (Å²) in [7, 11) is 1.48. The lowest BCUT2D eigenvalue weighted by Crippen LogP contribution is -2.48. The Kier molecular flexibility index (Phi) is 7.03. The molecular formula is C22H24N2O6. The summed E-state index contributed by atoms with van der Waals surface area (Å²) >= 11 is 0. The Bertz CT molecular complexity index is 884. The van der Waals surface area contributed by atoms with Crippen LogP contribution in [0.1, 0.15) is 23.5 Å². The van der Waals surface area contributed by atoms with E-state index in [2.05, 4.69) is 10.6 Å². The Balaban J connectivity index is 1.64. The van der Waals surface area contributed by atoms with Gasteiger partial charge in [0.25, 0.3) is 0 Å². The predicted molar refractivity (Wildman–Crippen MR) is 109 cm³/mol. The predicted octanol–water partition coefficient (Wildman–Crippen LogP) is 2.13. The van der Waals surface area contributed by atoms with E-state index in [1.165, 1.54) is 7.11 Å². The molecule has 0 aliphatic heterocycles. The molecule has 0 heterocycles. The molecule has 30 heavy (non-hydrogen) atoms. The molecule has 8 heteroatoms. The first-order valence-electron chi connectivity index (χ1n) is 9.61. The van der Waals surface area contributed by atoms with Crippen LogP contribution >= 0.6 is 0 Å². The molecule has 2 aromatic rings. The summed E-state index contributed by atoms with van der Waals surface area (Å²) in [5.41, 5.74) is 4.32. The Hall–Kier alpha value is -3.39. The Labute approximate surface area is 174 Å². The molecule has 1 aliphatic carbocycles. The van der Waals surface area contributed by atoms with Gasteiger partial charge in [-0.2, -0.15) is 0 Å². The van der Waals surface area contributed by atoms with E-state index in [1.807, 2.05) is 48.5 Å². The highest BCUT2D eigenvalue weighted by Gasteiger charge is 2.30. The fourth-order valence-electron chi connectivity index (χ4n) is 3.57. The third-order valence-electron chi connectivity index (χ3n) is 4.94. The van der Waals surface area contributed by atoms with Crippen LogP contribution in [0.3, 0.4) is 0 Å². The van der Waals surface area contributed by atoms with Crippen molar-refractivity contribution in [2.75, 3.05) is 26.9 Å². The average molecular weight is 412 g/mol. The summed E-state index contributed by atoms with van der Waals surface area (Å²) in [6.07, 6.45) is -1.40. The lowest BCUT2D eigenvalue weighted by Gasteiger charge is -2.18. The number of carboxylic acids is 1. The first-order valence-corrected chi connectivity index (χ1v) is 9.61. The van der Waals surface area contributed by atoms with Gasteiger partial charge in [0.05, 0.1) is 13.0 Å². The minimum absolute atomic E-state index is 0.0744. The molecule has 3 rings (SSSR count). The van der Waals surface area contributed by atoms with Crippen LogP contribution in [0.2, 0.25) is 0 Å². The average Bonchev–Trinajstić information content (AvgIpc) is 3.05. The maximum Gasteiger partial charge on any atom is 0.407 e. The highest BCUT2D eigenvalue weighted by atomic mass is 16.5. The number of methoxy groups -OCH3 is 1. The van der Waals surface area contributed by atoms with E-state index in [9.17, 15) is 14.4 Å². The zero-order valence-electron chi connectivity index (χ0n) is 16.6. The van der Waals surface area contributed by atoms with Gasteiger partial charge in [-0.25, -0.2) is 4.79 Å². The first kappa shape index (κ1) is 21.3. The highest BCUT2D eigenvalue weighted by molar-refractivity contribution is 5.89. The van der Waals surface area contributed by atoms with Crippen molar-refractivity contribution in [3.63, 3.8) is 0 Å². The second-order valence-corrected chi connectivity index (χ2v) is 6.90. The number of aliphatic carboxylic acids is 1. The van der Waals surface area contributed by atoms with Crippen LogP contribution in [0.25, 0.3) is 11.1 Å². The Morgan fingerprint density at radius 2 is 1.63 bits per heavy atom. The van der Waals surface area contributed by atoms with Gasteiger partial charge in [-0.05, 0) is 22.3 Å². The van der Waals surface area contributed by atoms with E-state index in [1.54, 1.807) is 0 Å². The van der Waals surface area contributed by atoms with Crippen molar-refractivity contribution >= 4 is 18.0 Å². The number of fused-ring (bicyclic) bond motifs is 3. The number of hydrogen-bond donors (Lipinski definition) is 3. The zero-order valence-corrected chi connectivity index (χ0v) is 16.6. The van der Waals surface area contributed by atoms with Gasteiger partial charge in [-0.3, -0.25) is 9.59 Å². The quantitative estimate of drug-likeness (QED) is 0.544. The topological polar surface area (TPSA) is 114 Å². The molecule has 1 atom stereocenters. The number of nitrogens with one attached hydrogen (secondary N) is 2. The van der Waals surface area contributed by atoms with Crippen molar-refractivity contribution in [3.8, 4) is 11.1 Å². The summed E-state index contributed by atoms with van der Waals surface area (Å²) in [6, 6.07) is 14.6. The lowest BCUT2D eigenvalue weighted by atomic mass is 9.98. The van der Waals surface area contributed by atoms with Gasteiger partial charge in [0, 0.05) is 19.6 Å². The third kappa shape index (κ3) is 4.96. The summed E-state index contributed by atoms with van der Waals surface area (Å²) in [5.74, 6) is -1.94. The highest BCUT2D eigenvalue weighted by Crippen LogP contribution is 2.44. The molecule has 0 bridgehead atoms. The smallest absolute Gasteiger partial charge is 0.407 e. The van der Waals surface area contributed by atoms with Crippen LogP contribution in [-0.4, -0.2) is 56.0 Å². The monoisotopic (exact) mass is 412 g/mol. The fraction of sp³-hybridized carbons (Fsp3) is 0.318. The number of rotatable bonds is 9. The Morgan fingerprint density at radius 1 is 1.03 bits per heavy atom. The lowest BCUT2D eigenvalue weighted by molar-refractivity contribution is -0.139. The number of ether oxygens (including phenoxy) is 2. The number of carbonyl (C=O) groups excluding carboxylic acids is 2. The molecule has 1 unspecified atom stereocenters. The molecule has 3 N–H and O–H groups in total. The van der Waals surface area contributed by atoms with E-state index in [-0.39, 0.29) is 25.7 Å².